The van der Waals surface area contributed by atoms with Crippen molar-refractivity contribution in [1.29, 1.82) is 0 Å². The molecule has 1 saturated carbocycles. The molecule has 3 nitrogen and oxygen atoms in total. The number of nitrogens with zero attached hydrogens (tertiary/aromatic N) is 2. The summed E-state index contributed by atoms with van der Waals surface area (Å²) >= 11 is 1.68. The summed E-state index contributed by atoms with van der Waals surface area (Å²) in [4.78, 5) is 7.06. The predicted octanol–water partition coefficient (Wildman–Crippen LogP) is 2.39. The maximum absolute atomic E-state index is 5.82. The van der Waals surface area contributed by atoms with Crippen LogP contribution in [0.4, 0.5) is 0 Å². The molecule has 16 heavy (non-hydrogen) atoms. The first-order valence-corrected chi connectivity index (χ1v) is 6.99. The van der Waals surface area contributed by atoms with Crippen molar-refractivity contribution < 1.29 is 0 Å². The normalized spacial score (nSPS) is 18.0. The molecule has 0 radical (unpaired) electrons. The minimum Gasteiger partial charge on any atom is -0.322 e. The van der Waals surface area contributed by atoms with Gasteiger partial charge in [0.05, 0.1) is 11.7 Å². The van der Waals surface area contributed by atoms with E-state index >= 15 is 0 Å². The van der Waals surface area contributed by atoms with Crippen LogP contribution >= 0.6 is 11.3 Å². The van der Waals surface area contributed by atoms with Crippen LogP contribution in [0.1, 0.15) is 43.4 Å². The summed E-state index contributed by atoms with van der Waals surface area (Å²) in [6.07, 6.45) is 2.83. The predicted molar refractivity (Wildman–Crippen MR) is 68.4 cm³/mol. The lowest BCUT2D eigenvalue weighted by Gasteiger charge is -2.18. The Hall–Kier alpha value is -0.450. The molecule has 90 valence electrons. The van der Waals surface area contributed by atoms with E-state index in [1.54, 1.807) is 11.3 Å². The van der Waals surface area contributed by atoms with E-state index in [0.29, 0.717) is 0 Å². The first kappa shape index (κ1) is 12.0. The second-order valence-electron chi connectivity index (χ2n) is 4.74. The molecule has 1 atom stereocenters. The van der Waals surface area contributed by atoms with Crippen LogP contribution in [0.3, 0.4) is 0 Å². The Morgan fingerprint density at radius 1 is 1.62 bits per heavy atom. The number of thiazole rings is 1. The second-order valence-corrected chi connectivity index (χ2v) is 5.63. The molecule has 1 aliphatic rings. The van der Waals surface area contributed by atoms with E-state index in [4.69, 9.17) is 5.73 Å². The minimum atomic E-state index is 0.0669. The number of rotatable bonds is 6. The van der Waals surface area contributed by atoms with Gasteiger partial charge in [0.2, 0.25) is 0 Å². The molecular formula is C12H21N3S. The van der Waals surface area contributed by atoms with Gasteiger partial charge >= 0.3 is 0 Å². The monoisotopic (exact) mass is 239 g/mol. The lowest BCUT2D eigenvalue weighted by molar-refractivity contribution is 0.265. The number of hydrogen-bond acceptors (Lipinski definition) is 4. The molecule has 0 aromatic carbocycles. The molecule has 1 unspecified atom stereocenters. The molecule has 0 spiro atoms. The molecule has 1 fully saturated rings. The fraction of sp³-hybridized carbons (Fsp3) is 0.750. The van der Waals surface area contributed by atoms with Gasteiger partial charge < -0.3 is 5.73 Å². The Balaban J connectivity index is 1.89. The Bertz CT molecular complexity index is 331. The largest absolute Gasteiger partial charge is 0.322 e. The van der Waals surface area contributed by atoms with Crippen LogP contribution in [0.2, 0.25) is 0 Å². The highest BCUT2D eigenvalue weighted by molar-refractivity contribution is 7.09. The lowest BCUT2D eigenvalue weighted by atomic mass is 10.3. The Labute approximate surface area is 102 Å². The standard InChI is InChI=1S/C12H21N3S/c1-3-15(6-10-4-5-10)7-11-8-16-12(14-11)9(2)13/h8-10H,3-7,13H2,1-2H3. The second kappa shape index (κ2) is 5.25. The van der Waals surface area contributed by atoms with Crippen LogP contribution < -0.4 is 5.73 Å². The van der Waals surface area contributed by atoms with Gasteiger partial charge in [0.25, 0.3) is 0 Å². The van der Waals surface area contributed by atoms with Crippen molar-refractivity contribution in [2.45, 2.75) is 39.3 Å². The molecule has 1 aromatic heterocycles. The summed E-state index contributed by atoms with van der Waals surface area (Å²) in [6, 6.07) is 0.0669. The van der Waals surface area contributed by atoms with Crippen LogP contribution in [0, 0.1) is 5.92 Å². The number of aromatic nitrogens is 1. The molecule has 0 aliphatic heterocycles. The topological polar surface area (TPSA) is 42.1 Å². The van der Waals surface area contributed by atoms with Gasteiger partial charge in [-0.05, 0) is 32.2 Å². The molecule has 0 amide bonds. The molecule has 0 bridgehead atoms. The third-order valence-electron chi connectivity index (χ3n) is 3.01. The SMILES string of the molecule is CCN(Cc1csc(C(C)N)n1)CC1CC1. The quantitative estimate of drug-likeness (QED) is 0.829. The molecule has 1 aliphatic carbocycles. The van der Waals surface area contributed by atoms with Crippen molar-refractivity contribution >= 4 is 11.3 Å². The average Bonchev–Trinajstić information content (AvgIpc) is 2.93. The van der Waals surface area contributed by atoms with E-state index in [1.165, 1.54) is 25.1 Å². The zero-order valence-electron chi connectivity index (χ0n) is 10.1. The summed E-state index contributed by atoms with van der Waals surface area (Å²) in [5.41, 5.74) is 7.00. The highest BCUT2D eigenvalue weighted by Gasteiger charge is 2.23. The van der Waals surface area contributed by atoms with Crippen molar-refractivity contribution in [2.24, 2.45) is 11.7 Å². The zero-order valence-corrected chi connectivity index (χ0v) is 11.0. The lowest BCUT2D eigenvalue weighted by Crippen LogP contribution is -2.25. The van der Waals surface area contributed by atoms with E-state index in [1.807, 2.05) is 6.92 Å². The van der Waals surface area contributed by atoms with Crippen molar-refractivity contribution in [3.63, 3.8) is 0 Å². The summed E-state index contributed by atoms with van der Waals surface area (Å²) in [5, 5.41) is 3.20. The molecule has 4 heteroatoms. The maximum Gasteiger partial charge on any atom is 0.109 e. The Morgan fingerprint density at radius 3 is 2.88 bits per heavy atom. The van der Waals surface area contributed by atoms with Crippen molar-refractivity contribution in [1.82, 2.24) is 9.88 Å². The molecule has 0 saturated heterocycles. The summed E-state index contributed by atoms with van der Waals surface area (Å²) in [5.74, 6) is 0.950. The van der Waals surface area contributed by atoms with Gasteiger partial charge in [-0.3, -0.25) is 4.90 Å². The van der Waals surface area contributed by atoms with Crippen molar-refractivity contribution in [3.8, 4) is 0 Å². The third-order valence-corrected chi connectivity index (χ3v) is 4.10. The molecular weight excluding hydrogens is 218 g/mol. The fourth-order valence-corrected chi connectivity index (χ4v) is 2.57. The molecule has 1 heterocycles. The van der Waals surface area contributed by atoms with E-state index in [2.05, 4.69) is 22.2 Å². The van der Waals surface area contributed by atoms with Crippen LogP contribution in [0.15, 0.2) is 5.38 Å². The van der Waals surface area contributed by atoms with Crippen molar-refractivity contribution in [3.05, 3.63) is 16.1 Å². The molecule has 1 aromatic rings. The molecule has 2 rings (SSSR count). The summed E-state index contributed by atoms with van der Waals surface area (Å²) in [7, 11) is 0. The first-order chi connectivity index (χ1) is 7.69. The number of hydrogen-bond donors (Lipinski definition) is 1. The van der Waals surface area contributed by atoms with Crippen molar-refractivity contribution in [2.75, 3.05) is 13.1 Å². The zero-order chi connectivity index (χ0) is 11.5. The van der Waals surface area contributed by atoms with Gasteiger partial charge in [-0.2, -0.15) is 0 Å². The van der Waals surface area contributed by atoms with E-state index < -0.39 is 0 Å². The number of nitrogens with two attached hydrogens (primary N) is 1. The van der Waals surface area contributed by atoms with Crippen LogP contribution in [-0.2, 0) is 6.54 Å². The van der Waals surface area contributed by atoms with E-state index in [-0.39, 0.29) is 6.04 Å². The van der Waals surface area contributed by atoms with Crippen LogP contribution in [0.5, 0.6) is 0 Å². The average molecular weight is 239 g/mol. The fourth-order valence-electron chi connectivity index (χ4n) is 1.80. The Morgan fingerprint density at radius 2 is 2.38 bits per heavy atom. The van der Waals surface area contributed by atoms with Gasteiger partial charge in [-0.25, -0.2) is 4.98 Å². The van der Waals surface area contributed by atoms with Crippen LogP contribution in [-0.4, -0.2) is 23.0 Å². The van der Waals surface area contributed by atoms with Crippen LogP contribution in [0.25, 0.3) is 0 Å². The van der Waals surface area contributed by atoms with Gasteiger partial charge in [0.1, 0.15) is 5.01 Å². The third kappa shape index (κ3) is 3.27. The van der Waals surface area contributed by atoms with E-state index in [9.17, 15) is 0 Å². The highest BCUT2D eigenvalue weighted by atomic mass is 32.1. The molecule has 2 N–H and O–H groups in total. The summed E-state index contributed by atoms with van der Waals surface area (Å²) in [6.45, 7) is 7.55. The highest BCUT2D eigenvalue weighted by Crippen LogP contribution is 2.30. The smallest absolute Gasteiger partial charge is 0.109 e. The maximum atomic E-state index is 5.82. The van der Waals surface area contributed by atoms with Gasteiger partial charge in [0, 0.05) is 18.5 Å². The van der Waals surface area contributed by atoms with E-state index in [0.717, 1.165) is 24.0 Å². The first-order valence-electron chi connectivity index (χ1n) is 6.11. The van der Waals surface area contributed by atoms with Gasteiger partial charge in [0.15, 0.2) is 0 Å². The van der Waals surface area contributed by atoms with Gasteiger partial charge in [-0.15, -0.1) is 11.3 Å². The minimum absolute atomic E-state index is 0.0669. The van der Waals surface area contributed by atoms with Gasteiger partial charge in [-0.1, -0.05) is 6.92 Å². The Kier molecular flexibility index (Phi) is 3.95. The summed E-state index contributed by atoms with van der Waals surface area (Å²) < 4.78 is 0.